The van der Waals surface area contributed by atoms with Crippen molar-refractivity contribution in [1.82, 2.24) is 10.7 Å². The third-order valence-electron chi connectivity index (χ3n) is 3.16. The second-order valence-corrected chi connectivity index (χ2v) is 5.58. The number of nitrogens with zero attached hydrogens (tertiary/aromatic N) is 1. The van der Waals surface area contributed by atoms with E-state index in [1.54, 1.807) is 6.92 Å². The average Bonchev–Trinajstić information content (AvgIpc) is 2.59. The van der Waals surface area contributed by atoms with Gasteiger partial charge in [-0.2, -0.15) is 5.10 Å². The van der Waals surface area contributed by atoms with Crippen LogP contribution in [0.1, 0.15) is 25.8 Å². The van der Waals surface area contributed by atoms with Crippen LogP contribution in [0.25, 0.3) is 0 Å². The Hall–Kier alpha value is -2.81. The molecule has 26 heavy (non-hydrogen) atoms. The number of benzene rings is 1. The summed E-state index contributed by atoms with van der Waals surface area (Å²) in [6.45, 7) is 2.95. The molecule has 0 bridgehead atoms. The summed E-state index contributed by atoms with van der Waals surface area (Å²) in [5, 5.41) is 16.7. The van der Waals surface area contributed by atoms with Gasteiger partial charge in [-0.1, -0.05) is 18.5 Å². The van der Waals surface area contributed by atoms with Crippen LogP contribution in [-0.4, -0.2) is 43.8 Å². The van der Waals surface area contributed by atoms with E-state index in [-0.39, 0.29) is 22.6 Å². The van der Waals surface area contributed by atoms with E-state index in [0.717, 1.165) is 0 Å². The first-order chi connectivity index (χ1) is 12.3. The molecule has 0 aliphatic rings. The predicted octanol–water partition coefficient (Wildman–Crippen LogP) is -0.158. The highest BCUT2D eigenvalue weighted by molar-refractivity contribution is 6.35. The number of aliphatic carboxylic acids is 1. The molecule has 0 aliphatic carbocycles. The normalized spacial score (nSPS) is 11.7. The Bertz CT molecular complexity index is 707. The van der Waals surface area contributed by atoms with Gasteiger partial charge in [-0.3, -0.25) is 9.59 Å². The lowest BCUT2D eigenvalue weighted by Gasteiger charge is -2.13. The fourth-order valence-corrected chi connectivity index (χ4v) is 1.97. The molecule has 1 rings (SSSR count). The van der Waals surface area contributed by atoms with Gasteiger partial charge in [-0.15, -0.1) is 0 Å². The van der Waals surface area contributed by atoms with Crippen molar-refractivity contribution in [2.24, 2.45) is 5.10 Å². The fourth-order valence-electron chi connectivity index (χ4n) is 1.69. The molecule has 10 heteroatoms. The predicted molar refractivity (Wildman–Crippen MR) is 92.1 cm³/mol. The summed E-state index contributed by atoms with van der Waals surface area (Å²) in [5.41, 5.74) is 2.52. The van der Waals surface area contributed by atoms with E-state index in [1.165, 1.54) is 25.5 Å². The van der Waals surface area contributed by atoms with Gasteiger partial charge in [0, 0.05) is 6.04 Å². The van der Waals surface area contributed by atoms with Gasteiger partial charge >= 0.3 is 11.8 Å². The van der Waals surface area contributed by atoms with Gasteiger partial charge in [0.15, 0.2) is 11.5 Å². The highest BCUT2D eigenvalue weighted by Crippen LogP contribution is 2.35. The summed E-state index contributed by atoms with van der Waals surface area (Å²) >= 11 is 6.03. The standard InChI is InChI=1S/C16H20ClN3O6/c1-4-9(2)19-15(23)16(24)20-18-7-10-5-11(17)14(12(6-10)25-3)26-8-13(21)22/h5-7,9H,4,8H2,1-3H3,(H,19,23)(H,20,24)(H,21,22)/p-1/b18-7-/t9-/m1/s1. The van der Waals surface area contributed by atoms with Crippen molar-refractivity contribution in [3.8, 4) is 11.5 Å². The zero-order chi connectivity index (χ0) is 19.7. The summed E-state index contributed by atoms with van der Waals surface area (Å²) in [6.07, 6.45) is 1.93. The van der Waals surface area contributed by atoms with Crippen LogP contribution < -0.4 is 25.3 Å². The number of rotatable bonds is 8. The average molecular weight is 385 g/mol. The number of halogens is 1. The van der Waals surface area contributed by atoms with E-state index < -0.39 is 24.4 Å². The Labute approximate surface area is 155 Å². The molecule has 2 amide bonds. The minimum atomic E-state index is -1.41. The molecule has 2 N–H and O–H groups in total. The highest BCUT2D eigenvalue weighted by atomic mass is 35.5. The monoisotopic (exact) mass is 384 g/mol. The maximum absolute atomic E-state index is 11.6. The van der Waals surface area contributed by atoms with E-state index >= 15 is 0 Å². The van der Waals surface area contributed by atoms with Crippen LogP contribution in [0, 0.1) is 0 Å². The molecule has 0 radical (unpaired) electrons. The lowest BCUT2D eigenvalue weighted by Crippen LogP contribution is -2.41. The number of carboxylic acids is 1. The second kappa shape index (κ2) is 10.2. The van der Waals surface area contributed by atoms with Gasteiger partial charge in [-0.25, -0.2) is 5.43 Å². The van der Waals surface area contributed by atoms with Crippen molar-refractivity contribution in [2.75, 3.05) is 13.7 Å². The van der Waals surface area contributed by atoms with Crippen LogP contribution in [0.4, 0.5) is 0 Å². The van der Waals surface area contributed by atoms with Crippen LogP contribution >= 0.6 is 11.6 Å². The van der Waals surface area contributed by atoms with Crippen LogP contribution in [0.15, 0.2) is 17.2 Å². The van der Waals surface area contributed by atoms with E-state index in [1.807, 2.05) is 6.92 Å². The zero-order valence-electron chi connectivity index (χ0n) is 14.5. The van der Waals surface area contributed by atoms with Gasteiger partial charge in [0.1, 0.15) is 6.61 Å². The third kappa shape index (κ3) is 6.60. The van der Waals surface area contributed by atoms with Gasteiger partial charge in [0.05, 0.1) is 24.3 Å². The number of nitrogens with one attached hydrogen (secondary N) is 2. The number of carboxylic acid groups (broad SMARTS) is 1. The zero-order valence-corrected chi connectivity index (χ0v) is 15.3. The SMILES string of the molecule is CC[C@@H](C)NC(=O)C(=O)N/N=C\c1cc(Cl)c(OCC(=O)[O-])c(OC)c1. The fraction of sp³-hybridized carbons (Fsp3) is 0.375. The van der Waals surface area contributed by atoms with Crippen molar-refractivity contribution in [2.45, 2.75) is 26.3 Å². The topological polar surface area (TPSA) is 129 Å². The molecule has 0 heterocycles. The molecule has 0 unspecified atom stereocenters. The summed E-state index contributed by atoms with van der Waals surface area (Å²) in [4.78, 5) is 33.7. The summed E-state index contributed by atoms with van der Waals surface area (Å²) < 4.78 is 10.1. The number of hydrazone groups is 1. The number of carbonyl (C=O) groups excluding carboxylic acids is 3. The maximum atomic E-state index is 11.6. The molecule has 1 aromatic carbocycles. The van der Waals surface area contributed by atoms with Gasteiger partial charge in [0.2, 0.25) is 0 Å². The number of hydrogen-bond donors (Lipinski definition) is 2. The Morgan fingerprint density at radius 2 is 2.04 bits per heavy atom. The minimum Gasteiger partial charge on any atom is -0.546 e. The van der Waals surface area contributed by atoms with Gasteiger partial charge in [-0.05, 0) is 31.0 Å². The first kappa shape index (κ1) is 21.2. The molecule has 0 spiro atoms. The highest BCUT2D eigenvalue weighted by Gasteiger charge is 2.15. The van der Waals surface area contributed by atoms with Gasteiger partial charge < -0.3 is 24.7 Å². The van der Waals surface area contributed by atoms with Crippen molar-refractivity contribution in [1.29, 1.82) is 0 Å². The van der Waals surface area contributed by atoms with Crippen molar-refractivity contribution < 1.29 is 29.0 Å². The van der Waals surface area contributed by atoms with E-state index in [2.05, 4.69) is 15.8 Å². The third-order valence-corrected chi connectivity index (χ3v) is 3.44. The van der Waals surface area contributed by atoms with E-state index in [9.17, 15) is 19.5 Å². The molecule has 1 atom stereocenters. The number of hydrogen-bond acceptors (Lipinski definition) is 7. The Balaban J connectivity index is 2.79. The number of ether oxygens (including phenoxy) is 2. The van der Waals surface area contributed by atoms with Crippen LogP contribution in [-0.2, 0) is 14.4 Å². The van der Waals surface area contributed by atoms with Crippen molar-refractivity contribution in [3.05, 3.63) is 22.7 Å². The van der Waals surface area contributed by atoms with Crippen molar-refractivity contribution in [3.63, 3.8) is 0 Å². The van der Waals surface area contributed by atoms with Crippen LogP contribution in [0.2, 0.25) is 5.02 Å². The van der Waals surface area contributed by atoms with Crippen molar-refractivity contribution >= 4 is 35.6 Å². The summed E-state index contributed by atoms with van der Waals surface area (Å²) in [7, 11) is 1.35. The summed E-state index contributed by atoms with van der Waals surface area (Å²) in [6, 6.07) is 2.75. The molecular weight excluding hydrogens is 366 g/mol. The number of amides is 2. The second-order valence-electron chi connectivity index (χ2n) is 5.18. The number of methoxy groups -OCH3 is 1. The smallest absolute Gasteiger partial charge is 0.329 e. The molecular formula is C16H19ClN3O6-. The van der Waals surface area contributed by atoms with Crippen LogP contribution in [0.5, 0.6) is 11.5 Å². The largest absolute Gasteiger partial charge is 0.546 e. The maximum Gasteiger partial charge on any atom is 0.329 e. The minimum absolute atomic E-state index is 0.0347. The molecule has 0 aliphatic heterocycles. The van der Waals surface area contributed by atoms with E-state index in [4.69, 9.17) is 21.1 Å². The lowest BCUT2D eigenvalue weighted by atomic mass is 10.2. The van der Waals surface area contributed by atoms with Gasteiger partial charge in [0.25, 0.3) is 0 Å². The summed E-state index contributed by atoms with van der Waals surface area (Å²) in [5.74, 6) is -2.91. The molecule has 0 saturated carbocycles. The Kier molecular flexibility index (Phi) is 8.36. The molecule has 142 valence electrons. The number of carbonyl (C=O) groups is 3. The molecule has 9 nitrogen and oxygen atoms in total. The lowest BCUT2D eigenvalue weighted by molar-refractivity contribution is -0.307. The quantitative estimate of drug-likeness (QED) is 0.364. The first-order valence-electron chi connectivity index (χ1n) is 7.62. The Morgan fingerprint density at radius 3 is 2.62 bits per heavy atom. The molecule has 0 fully saturated rings. The molecule has 0 aromatic heterocycles. The molecule has 1 aromatic rings. The first-order valence-corrected chi connectivity index (χ1v) is 8.00. The molecule has 0 saturated heterocycles. The van der Waals surface area contributed by atoms with E-state index in [0.29, 0.717) is 12.0 Å². The Morgan fingerprint density at radius 1 is 1.35 bits per heavy atom. The van der Waals surface area contributed by atoms with Crippen LogP contribution in [0.3, 0.4) is 0 Å².